The van der Waals surface area contributed by atoms with Gasteiger partial charge < -0.3 is 9.47 Å². The Hall–Kier alpha value is -8.20. The molecule has 0 N–H and O–H groups in total. The van der Waals surface area contributed by atoms with E-state index in [4.69, 9.17) is 0 Å². The van der Waals surface area contributed by atoms with Gasteiger partial charge in [0.15, 0.2) is 0 Å². The normalized spacial score (nSPS) is 13.4. The zero-order chi connectivity index (χ0) is 63.0. The van der Waals surface area contributed by atoms with Crippen LogP contribution in [0.15, 0.2) is 218 Å². The molecule has 1 aromatic heterocycles. The van der Waals surface area contributed by atoms with Crippen molar-refractivity contribution in [3.63, 3.8) is 0 Å². The summed E-state index contributed by atoms with van der Waals surface area (Å²) in [6.45, 7) is 13.9. The van der Waals surface area contributed by atoms with Gasteiger partial charge >= 0.3 is 0 Å². The molecule has 11 aromatic rings. The van der Waals surface area contributed by atoms with Crippen LogP contribution in [-0.4, -0.2) is 4.57 Å². The van der Waals surface area contributed by atoms with Crippen molar-refractivity contribution >= 4 is 38.9 Å². The second-order valence-electron chi connectivity index (χ2n) is 28.1. The van der Waals surface area contributed by atoms with Gasteiger partial charge in [0.2, 0.25) is 0 Å². The summed E-state index contributed by atoms with van der Waals surface area (Å²) in [4.78, 5) is 2.46. The number of para-hydroxylation sites is 1. The maximum atomic E-state index is 2.65. The molecule has 0 saturated carbocycles. The van der Waals surface area contributed by atoms with Crippen LogP contribution in [0.5, 0.6) is 0 Å². The van der Waals surface area contributed by atoms with Gasteiger partial charge in [0.25, 0.3) is 0 Å². The first-order chi connectivity index (χ1) is 45.1. The number of rotatable bonds is 29. The topological polar surface area (TPSA) is 8.17 Å². The fraction of sp³-hybridized carbons (Fsp3) is 0.333. The van der Waals surface area contributed by atoms with E-state index >= 15 is 0 Å². The standard InChI is InChI=1S/C90H98N2/c1-7-9-11-13-15-17-19-21-23-32-58-90(59-33-24-22-20-18-16-14-12-10-8-2)84-61-66(4)40-53-78(84)79-54-46-71(63-85(79)90)70-47-57-88-81(62-70)80-60-65(3)41-56-87(80)92(88)73-50-44-68(45-51-73)67-42-48-72(49-43-67)91(86-39-31-29-36-75(86)69-34-26-25-27-35-69)74-52-55-77-76-37-28-30-38-82(76)89(5,6)83(77)64-74/h25-31,34-57,60-64H,7-24,32-33,58-59H2,1-6H3. The summed E-state index contributed by atoms with van der Waals surface area (Å²) in [7, 11) is 0. The fourth-order valence-corrected chi connectivity index (χ4v) is 16.3. The molecule has 0 spiro atoms. The molecule has 2 nitrogen and oxygen atoms in total. The first-order valence-electron chi connectivity index (χ1n) is 35.9. The van der Waals surface area contributed by atoms with Gasteiger partial charge in [-0.2, -0.15) is 0 Å². The molecule has 2 aliphatic rings. The second kappa shape index (κ2) is 28.3. The second-order valence-corrected chi connectivity index (χ2v) is 28.1. The summed E-state index contributed by atoms with van der Waals surface area (Å²) in [6, 6.07) is 83.6. The van der Waals surface area contributed by atoms with Gasteiger partial charge in [0, 0.05) is 44.2 Å². The molecule has 468 valence electrons. The van der Waals surface area contributed by atoms with E-state index in [1.165, 1.54) is 247 Å². The van der Waals surface area contributed by atoms with Crippen molar-refractivity contribution in [2.24, 2.45) is 0 Å². The van der Waals surface area contributed by atoms with Gasteiger partial charge in [-0.25, -0.2) is 0 Å². The number of aromatic nitrogens is 1. The van der Waals surface area contributed by atoms with E-state index in [-0.39, 0.29) is 10.8 Å². The molecular weight excluding hydrogens is 1110 g/mol. The van der Waals surface area contributed by atoms with E-state index in [1.807, 2.05) is 0 Å². The van der Waals surface area contributed by atoms with Crippen molar-refractivity contribution in [1.29, 1.82) is 0 Å². The Balaban J connectivity index is 0.797. The predicted molar refractivity (Wildman–Crippen MR) is 398 cm³/mol. The van der Waals surface area contributed by atoms with Crippen LogP contribution in [0.4, 0.5) is 17.1 Å². The van der Waals surface area contributed by atoms with Gasteiger partial charge in [-0.1, -0.05) is 313 Å². The average Bonchev–Trinajstić information content (AvgIpc) is 1.58. The molecule has 0 bridgehead atoms. The third kappa shape index (κ3) is 12.7. The average molecular weight is 1210 g/mol. The maximum absolute atomic E-state index is 2.65. The minimum absolute atomic E-state index is 0.0294. The summed E-state index contributed by atoms with van der Waals surface area (Å²) < 4.78 is 2.49. The number of benzene rings is 10. The predicted octanol–water partition coefficient (Wildman–Crippen LogP) is 27.1. The highest BCUT2D eigenvalue weighted by Gasteiger charge is 2.43. The Kier molecular flexibility index (Phi) is 19.3. The molecule has 2 aliphatic carbocycles. The third-order valence-corrected chi connectivity index (χ3v) is 21.3. The number of hydrogen-bond acceptors (Lipinski definition) is 1. The van der Waals surface area contributed by atoms with E-state index in [0.717, 1.165) is 17.1 Å². The number of hydrogen-bond donors (Lipinski definition) is 0. The molecule has 2 heteroatoms. The van der Waals surface area contributed by atoms with Crippen LogP contribution >= 0.6 is 0 Å². The first kappa shape index (κ1) is 62.6. The first-order valence-corrected chi connectivity index (χ1v) is 35.9. The van der Waals surface area contributed by atoms with Gasteiger partial charge in [-0.15, -0.1) is 0 Å². The lowest BCUT2D eigenvalue weighted by molar-refractivity contribution is 0.397. The van der Waals surface area contributed by atoms with Crippen LogP contribution < -0.4 is 4.90 Å². The molecule has 0 atom stereocenters. The summed E-state index contributed by atoms with van der Waals surface area (Å²) in [5, 5.41) is 2.61. The van der Waals surface area contributed by atoms with Crippen LogP contribution in [0.1, 0.15) is 202 Å². The maximum Gasteiger partial charge on any atom is 0.0541 e. The minimum atomic E-state index is -0.120. The molecule has 0 fully saturated rings. The Labute approximate surface area is 551 Å². The van der Waals surface area contributed by atoms with E-state index in [2.05, 4.69) is 269 Å². The molecule has 0 saturated heterocycles. The van der Waals surface area contributed by atoms with E-state index < -0.39 is 0 Å². The minimum Gasteiger partial charge on any atom is -0.310 e. The molecule has 10 aromatic carbocycles. The summed E-state index contributed by atoms with van der Waals surface area (Å²) in [6.07, 6.45) is 29.8. The quantitative estimate of drug-likeness (QED) is 0.0424. The number of nitrogens with zero attached hydrogens (tertiary/aromatic N) is 2. The molecule has 0 amide bonds. The molecule has 13 rings (SSSR count). The van der Waals surface area contributed by atoms with E-state index in [1.54, 1.807) is 11.1 Å². The highest BCUT2D eigenvalue weighted by Crippen LogP contribution is 2.56. The van der Waals surface area contributed by atoms with Crippen LogP contribution in [0.25, 0.3) is 83.1 Å². The van der Waals surface area contributed by atoms with Crippen molar-refractivity contribution in [3.8, 4) is 61.3 Å². The summed E-state index contributed by atoms with van der Waals surface area (Å²) in [5.41, 5.74) is 28.6. The van der Waals surface area contributed by atoms with Crippen LogP contribution in [0.3, 0.4) is 0 Å². The smallest absolute Gasteiger partial charge is 0.0541 e. The largest absolute Gasteiger partial charge is 0.310 e. The number of anilines is 3. The van der Waals surface area contributed by atoms with Gasteiger partial charge in [0.05, 0.1) is 16.7 Å². The summed E-state index contributed by atoms with van der Waals surface area (Å²) >= 11 is 0. The third-order valence-electron chi connectivity index (χ3n) is 21.3. The molecule has 1 heterocycles. The molecule has 0 radical (unpaired) electrons. The monoisotopic (exact) mass is 1210 g/mol. The Morgan fingerprint density at radius 1 is 0.315 bits per heavy atom. The fourth-order valence-electron chi connectivity index (χ4n) is 16.3. The van der Waals surface area contributed by atoms with Crippen molar-refractivity contribution < 1.29 is 0 Å². The SMILES string of the molecule is CCCCCCCCCCCCC1(CCCCCCCCCCCC)c2cc(C)ccc2-c2ccc(-c3ccc4c(c3)c3cc(C)ccc3n4-c3ccc(-c4ccc(N(c5ccc6c(c5)C(C)(C)c5ccccc5-6)c5ccccc5-c5ccccc5)cc4)cc3)cc21. The lowest BCUT2D eigenvalue weighted by Crippen LogP contribution is -2.25. The molecule has 92 heavy (non-hydrogen) atoms. The highest BCUT2D eigenvalue weighted by molar-refractivity contribution is 6.11. The van der Waals surface area contributed by atoms with E-state index in [9.17, 15) is 0 Å². The van der Waals surface area contributed by atoms with Crippen LogP contribution in [0, 0.1) is 13.8 Å². The number of fused-ring (bicyclic) bond motifs is 9. The molecule has 0 aliphatic heterocycles. The molecule has 0 unspecified atom stereocenters. The van der Waals surface area contributed by atoms with Crippen molar-refractivity contribution in [1.82, 2.24) is 4.57 Å². The van der Waals surface area contributed by atoms with Crippen molar-refractivity contribution in [2.45, 2.75) is 194 Å². The Morgan fingerprint density at radius 3 is 1.41 bits per heavy atom. The van der Waals surface area contributed by atoms with Gasteiger partial charge in [0.1, 0.15) is 0 Å². The Bertz CT molecular complexity index is 4280. The highest BCUT2D eigenvalue weighted by atomic mass is 15.1. The Morgan fingerprint density at radius 2 is 0.761 bits per heavy atom. The van der Waals surface area contributed by atoms with E-state index in [0.29, 0.717) is 0 Å². The zero-order valence-electron chi connectivity index (χ0n) is 56.2. The lowest BCUT2D eigenvalue weighted by Gasteiger charge is -2.33. The lowest BCUT2D eigenvalue weighted by atomic mass is 9.70. The summed E-state index contributed by atoms with van der Waals surface area (Å²) in [5.74, 6) is 0. The van der Waals surface area contributed by atoms with Crippen molar-refractivity contribution in [3.05, 3.63) is 252 Å². The van der Waals surface area contributed by atoms with Gasteiger partial charge in [-0.05, 0) is 172 Å². The van der Waals surface area contributed by atoms with Crippen LogP contribution in [0.2, 0.25) is 0 Å². The van der Waals surface area contributed by atoms with Gasteiger partial charge in [-0.3, -0.25) is 0 Å². The number of unbranched alkanes of at least 4 members (excludes halogenated alkanes) is 18. The van der Waals surface area contributed by atoms with Crippen LogP contribution in [-0.2, 0) is 10.8 Å². The number of aryl methyl sites for hydroxylation is 2. The van der Waals surface area contributed by atoms with Crippen molar-refractivity contribution in [2.75, 3.05) is 4.90 Å². The molecular formula is C90H98N2. The zero-order valence-corrected chi connectivity index (χ0v) is 56.2.